The van der Waals surface area contributed by atoms with Gasteiger partial charge in [0.2, 0.25) is 0 Å². The predicted octanol–water partition coefficient (Wildman–Crippen LogP) is 5.14. The molecule has 3 nitrogen and oxygen atoms in total. The van der Waals surface area contributed by atoms with Gasteiger partial charge in [-0.05, 0) is 42.5 Å². The Labute approximate surface area is 133 Å². The van der Waals surface area contributed by atoms with Crippen LogP contribution in [0.15, 0.2) is 29.0 Å². The fourth-order valence-corrected chi connectivity index (χ4v) is 3.19. The zero-order chi connectivity index (χ0) is 14.8. The number of fused-ring (bicyclic) bond motifs is 1. The monoisotopic (exact) mass is 317 g/mol. The number of aryl methyl sites for hydroxylation is 1. The molecule has 21 heavy (non-hydrogen) atoms. The summed E-state index contributed by atoms with van der Waals surface area (Å²) >= 11 is 7.78. The standard InChI is InChI=1S/C16H16ClN3S/c1-3-6-18-15-12-7-11(17)4-5-14(12)19-16(20-15)13-9-21-8-10(13)2/h4-5,7-9H,3,6H2,1-2H3,(H,18,19,20). The van der Waals surface area contributed by atoms with Crippen molar-refractivity contribution >= 4 is 39.7 Å². The number of anilines is 1. The van der Waals surface area contributed by atoms with Crippen molar-refractivity contribution in [1.82, 2.24) is 9.97 Å². The zero-order valence-corrected chi connectivity index (χ0v) is 13.6. The molecule has 0 radical (unpaired) electrons. The lowest BCUT2D eigenvalue weighted by atomic mass is 10.2. The third-order valence-electron chi connectivity index (χ3n) is 3.30. The largest absolute Gasteiger partial charge is 0.369 e. The van der Waals surface area contributed by atoms with Gasteiger partial charge in [0.1, 0.15) is 5.82 Å². The number of halogens is 1. The summed E-state index contributed by atoms with van der Waals surface area (Å²) in [6.07, 6.45) is 1.04. The Morgan fingerprint density at radius 2 is 2.10 bits per heavy atom. The van der Waals surface area contributed by atoms with Crippen molar-refractivity contribution in [2.45, 2.75) is 20.3 Å². The van der Waals surface area contributed by atoms with Gasteiger partial charge in [0, 0.05) is 27.9 Å². The van der Waals surface area contributed by atoms with E-state index in [0.29, 0.717) is 5.02 Å². The Morgan fingerprint density at radius 3 is 2.81 bits per heavy atom. The molecular formula is C16H16ClN3S. The van der Waals surface area contributed by atoms with Crippen LogP contribution in [0.2, 0.25) is 5.02 Å². The summed E-state index contributed by atoms with van der Waals surface area (Å²) in [5, 5.41) is 9.25. The highest BCUT2D eigenvalue weighted by Gasteiger charge is 2.12. The summed E-state index contributed by atoms with van der Waals surface area (Å²) < 4.78 is 0. The molecule has 0 spiro atoms. The van der Waals surface area contributed by atoms with E-state index in [2.05, 4.69) is 34.9 Å². The molecular weight excluding hydrogens is 302 g/mol. The molecule has 0 amide bonds. The van der Waals surface area contributed by atoms with Crippen LogP contribution in [-0.2, 0) is 0 Å². The van der Waals surface area contributed by atoms with Crippen LogP contribution >= 0.6 is 22.9 Å². The highest BCUT2D eigenvalue weighted by molar-refractivity contribution is 7.08. The summed E-state index contributed by atoms with van der Waals surface area (Å²) in [7, 11) is 0. The zero-order valence-electron chi connectivity index (χ0n) is 12.0. The van der Waals surface area contributed by atoms with Crippen molar-refractivity contribution < 1.29 is 0 Å². The van der Waals surface area contributed by atoms with E-state index >= 15 is 0 Å². The van der Waals surface area contributed by atoms with Gasteiger partial charge in [0.15, 0.2) is 5.82 Å². The van der Waals surface area contributed by atoms with Gasteiger partial charge in [-0.1, -0.05) is 18.5 Å². The van der Waals surface area contributed by atoms with Gasteiger partial charge < -0.3 is 5.32 Å². The smallest absolute Gasteiger partial charge is 0.163 e. The number of hydrogen-bond donors (Lipinski definition) is 1. The Bertz CT molecular complexity index is 782. The maximum absolute atomic E-state index is 6.11. The molecule has 108 valence electrons. The SMILES string of the molecule is CCCNc1nc(-c2cscc2C)nc2ccc(Cl)cc12. The first-order valence-corrected chi connectivity index (χ1v) is 8.25. The first-order valence-electron chi connectivity index (χ1n) is 6.93. The van der Waals surface area contributed by atoms with Gasteiger partial charge in [-0.25, -0.2) is 9.97 Å². The molecule has 0 saturated carbocycles. The van der Waals surface area contributed by atoms with E-state index in [1.807, 2.05) is 18.2 Å². The van der Waals surface area contributed by atoms with Crippen LogP contribution in [0.3, 0.4) is 0 Å². The Kier molecular flexibility index (Phi) is 4.08. The van der Waals surface area contributed by atoms with E-state index in [1.165, 1.54) is 5.56 Å². The lowest BCUT2D eigenvalue weighted by Crippen LogP contribution is -2.04. The molecule has 1 N–H and O–H groups in total. The first kappa shape index (κ1) is 14.3. The third kappa shape index (κ3) is 2.87. The van der Waals surface area contributed by atoms with E-state index in [4.69, 9.17) is 16.6 Å². The summed E-state index contributed by atoms with van der Waals surface area (Å²) in [4.78, 5) is 9.39. The Morgan fingerprint density at radius 1 is 1.24 bits per heavy atom. The van der Waals surface area contributed by atoms with Gasteiger partial charge in [-0.15, -0.1) is 0 Å². The van der Waals surface area contributed by atoms with Crippen LogP contribution in [0, 0.1) is 6.92 Å². The molecule has 1 aromatic carbocycles. The lowest BCUT2D eigenvalue weighted by Gasteiger charge is -2.10. The number of aromatic nitrogens is 2. The highest BCUT2D eigenvalue weighted by Crippen LogP contribution is 2.30. The van der Waals surface area contributed by atoms with E-state index in [0.717, 1.165) is 41.1 Å². The average molecular weight is 318 g/mol. The molecule has 3 rings (SSSR count). The maximum Gasteiger partial charge on any atom is 0.163 e. The summed E-state index contributed by atoms with van der Waals surface area (Å²) in [6, 6.07) is 5.73. The minimum atomic E-state index is 0.699. The third-order valence-corrected chi connectivity index (χ3v) is 4.39. The topological polar surface area (TPSA) is 37.8 Å². The average Bonchev–Trinajstić information content (AvgIpc) is 2.91. The molecule has 0 fully saturated rings. The maximum atomic E-state index is 6.11. The molecule has 5 heteroatoms. The number of rotatable bonds is 4. The van der Waals surface area contributed by atoms with Crippen LogP contribution in [0.1, 0.15) is 18.9 Å². The first-order chi connectivity index (χ1) is 10.2. The molecule has 0 atom stereocenters. The number of hydrogen-bond acceptors (Lipinski definition) is 4. The van der Waals surface area contributed by atoms with Crippen molar-refractivity contribution in [3.05, 3.63) is 39.5 Å². The minimum absolute atomic E-state index is 0.699. The molecule has 2 aromatic heterocycles. The number of benzene rings is 1. The van der Waals surface area contributed by atoms with Crippen LogP contribution in [-0.4, -0.2) is 16.5 Å². The van der Waals surface area contributed by atoms with Crippen molar-refractivity contribution in [3.8, 4) is 11.4 Å². The summed E-state index contributed by atoms with van der Waals surface area (Å²) in [5.74, 6) is 1.62. The van der Waals surface area contributed by atoms with Crippen molar-refractivity contribution in [1.29, 1.82) is 0 Å². The van der Waals surface area contributed by atoms with Gasteiger partial charge in [-0.3, -0.25) is 0 Å². The van der Waals surface area contributed by atoms with E-state index < -0.39 is 0 Å². The van der Waals surface area contributed by atoms with Crippen LogP contribution in [0.25, 0.3) is 22.3 Å². The van der Waals surface area contributed by atoms with E-state index in [9.17, 15) is 0 Å². The predicted molar refractivity (Wildman–Crippen MR) is 91.4 cm³/mol. The van der Waals surface area contributed by atoms with E-state index in [-0.39, 0.29) is 0 Å². The highest BCUT2D eigenvalue weighted by atomic mass is 35.5. The van der Waals surface area contributed by atoms with Gasteiger partial charge in [-0.2, -0.15) is 11.3 Å². The van der Waals surface area contributed by atoms with E-state index in [1.54, 1.807) is 11.3 Å². The van der Waals surface area contributed by atoms with Crippen LogP contribution < -0.4 is 5.32 Å². The van der Waals surface area contributed by atoms with Crippen molar-refractivity contribution in [3.63, 3.8) is 0 Å². The molecule has 0 aliphatic heterocycles. The van der Waals surface area contributed by atoms with Gasteiger partial charge >= 0.3 is 0 Å². The summed E-state index contributed by atoms with van der Waals surface area (Å²) in [5.41, 5.74) is 3.21. The second-order valence-electron chi connectivity index (χ2n) is 4.95. The fourth-order valence-electron chi connectivity index (χ4n) is 2.19. The Hall–Kier alpha value is -1.65. The molecule has 0 saturated heterocycles. The second kappa shape index (κ2) is 6.00. The molecule has 2 heterocycles. The van der Waals surface area contributed by atoms with Crippen molar-refractivity contribution in [2.24, 2.45) is 0 Å². The number of thiophene rings is 1. The molecule has 0 aliphatic rings. The van der Waals surface area contributed by atoms with Crippen LogP contribution in [0.4, 0.5) is 5.82 Å². The molecule has 0 bridgehead atoms. The molecule has 0 aliphatic carbocycles. The van der Waals surface area contributed by atoms with Crippen LogP contribution in [0.5, 0.6) is 0 Å². The molecule has 3 aromatic rings. The van der Waals surface area contributed by atoms with Crippen molar-refractivity contribution in [2.75, 3.05) is 11.9 Å². The fraction of sp³-hybridized carbons (Fsp3) is 0.250. The second-order valence-corrected chi connectivity index (χ2v) is 6.13. The normalized spacial score (nSPS) is 11.0. The number of nitrogens with one attached hydrogen (secondary N) is 1. The summed E-state index contributed by atoms with van der Waals surface area (Å²) in [6.45, 7) is 5.09. The number of nitrogens with zero attached hydrogens (tertiary/aromatic N) is 2. The molecule has 0 unspecified atom stereocenters. The van der Waals surface area contributed by atoms with Gasteiger partial charge in [0.25, 0.3) is 0 Å². The lowest BCUT2D eigenvalue weighted by molar-refractivity contribution is 0.970. The van der Waals surface area contributed by atoms with Gasteiger partial charge in [0.05, 0.1) is 5.52 Å². The minimum Gasteiger partial charge on any atom is -0.369 e. The Balaban J connectivity index is 2.19. The quantitative estimate of drug-likeness (QED) is 0.723.